The highest BCUT2D eigenvalue weighted by Crippen LogP contribution is 2.14. The summed E-state index contributed by atoms with van der Waals surface area (Å²) in [5.74, 6) is -1.87. The number of ether oxygens (including phenoxy) is 1. The van der Waals surface area contributed by atoms with Crippen molar-refractivity contribution < 1.29 is 19.4 Å². The zero-order valence-electron chi connectivity index (χ0n) is 12.2. The lowest BCUT2D eigenvalue weighted by Crippen LogP contribution is -2.44. The van der Waals surface area contributed by atoms with Crippen LogP contribution in [0, 0.1) is 12.3 Å². The summed E-state index contributed by atoms with van der Waals surface area (Å²) in [5, 5.41) is 12.3. The first kappa shape index (κ1) is 16.6. The molecule has 0 radical (unpaired) electrons. The highest BCUT2D eigenvalue weighted by atomic mass is 16.5. The first-order chi connectivity index (χ1) is 9.54. The second-order valence-corrected chi connectivity index (χ2v) is 5.46. The number of hydrogen-bond acceptors (Lipinski definition) is 6. The normalized spacial score (nSPS) is 11.2. The topological polar surface area (TPSA) is 120 Å². The zero-order chi connectivity index (χ0) is 16.4. The summed E-state index contributed by atoms with van der Waals surface area (Å²) < 4.78 is 6.17. The van der Waals surface area contributed by atoms with Gasteiger partial charge in [0.25, 0.3) is 5.56 Å². The van der Waals surface area contributed by atoms with E-state index in [1.165, 1.54) is 6.92 Å². The molecule has 9 heteroatoms. The van der Waals surface area contributed by atoms with Crippen LogP contribution in [-0.2, 0) is 27.6 Å². The Balaban J connectivity index is 3.15. The van der Waals surface area contributed by atoms with Crippen LogP contribution >= 0.6 is 0 Å². The van der Waals surface area contributed by atoms with Crippen LogP contribution in [0.3, 0.4) is 0 Å². The quantitative estimate of drug-likeness (QED) is 0.733. The summed E-state index contributed by atoms with van der Waals surface area (Å²) in [6.07, 6.45) is 0. The van der Waals surface area contributed by atoms with Crippen LogP contribution in [0.5, 0.6) is 0 Å². The minimum absolute atomic E-state index is 0.0670. The zero-order valence-corrected chi connectivity index (χ0v) is 12.2. The highest BCUT2D eigenvalue weighted by Gasteiger charge is 2.24. The molecule has 0 aliphatic heterocycles. The number of esters is 1. The van der Waals surface area contributed by atoms with Crippen molar-refractivity contribution in [2.75, 3.05) is 0 Å². The van der Waals surface area contributed by atoms with Gasteiger partial charge in [-0.1, -0.05) is 0 Å². The molecule has 0 amide bonds. The van der Waals surface area contributed by atoms with Gasteiger partial charge in [0.15, 0.2) is 6.73 Å². The first-order valence-corrected chi connectivity index (χ1v) is 6.11. The SMILES string of the molecule is Cc1nn(CC(=O)O)c(=O)n(COC(=O)C(C)(C)C)c1=O. The average molecular weight is 299 g/mol. The molecule has 0 aromatic carbocycles. The Kier molecular flexibility index (Phi) is 4.66. The van der Waals surface area contributed by atoms with Gasteiger partial charge in [0, 0.05) is 0 Å². The summed E-state index contributed by atoms with van der Waals surface area (Å²) in [5.41, 5.74) is -2.54. The second-order valence-electron chi connectivity index (χ2n) is 5.46. The molecule has 0 fully saturated rings. The van der Waals surface area contributed by atoms with Gasteiger partial charge in [0.05, 0.1) is 5.41 Å². The van der Waals surface area contributed by atoms with Gasteiger partial charge in [-0.15, -0.1) is 0 Å². The average Bonchev–Trinajstić information content (AvgIpc) is 2.33. The molecular weight excluding hydrogens is 282 g/mol. The van der Waals surface area contributed by atoms with E-state index in [1.54, 1.807) is 20.8 Å². The van der Waals surface area contributed by atoms with Crippen molar-refractivity contribution in [2.45, 2.75) is 41.0 Å². The van der Waals surface area contributed by atoms with E-state index in [2.05, 4.69) is 5.10 Å². The number of aryl methyl sites for hydroxylation is 1. The van der Waals surface area contributed by atoms with E-state index >= 15 is 0 Å². The first-order valence-electron chi connectivity index (χ1n) is 6.11. The van der Waals surface area contributed by atoms with Crippen molar-refractivity contribution in [2.24, 2.45) is 5.41 Å². The number of carbonyl (C=O) groups is 2. The van der Waals surface area contributed by atoms with Crippen molar-refractivity contribution >= 4 is 11.9 Å². The number of aliphatic carboxylic acids is 1. The third-order valence-corrected chi connectivity index (χ3v) is 2.50. The van der Waals surface area contributed by atoms with E-state index < -0.39 is 41.9 Å². The largest absolute Gasteiger partial charge is 0.480 e. The Morgan fingerprint density at radius 3 is 2.33 bits per heavy atom. The fourth-order valence-electron chi connectivity index (χ4n) is 1.37. The Labute approximate surface area is 119 Å². The third-order valence-electron chi connectivity index (χ3n) is 2.50. The summed E-state index contributed by atoms with van der Waals surface area (Å²) in [6.45, 7) is 4.93. The minimum Gasteiger partial charge on any atom is -0.480 e. The van der Waals surface area contributed by atoms with Crippen LogP contribution < -0.4 is 11.2 Å². The maximum Gasteiger partial charge on any atom is 0.350 e. The van der Waals surface area contributed by atoms with Gasteiger partial charge in [0.1, 0.15) is 12.2 Å². The lowest BCUT2D eigenvalue weighted by atomic mass is 9.98. The number of aromatic nitrogens is 3. The minimum atomic E-state index is -1.28. The molecule has 0 aliphatic carbocycles. The van der Waals surface area contributed by atoms with Crippen LogP contribution in [0.2, 0.25) is 0 Å². The Morgan fingerprint density at radius 2 is 1.86 bits per heavy atom. The molecule has 116 valence electrons. The van der Waals surface area contributed by atoms with E-state index in [9.17, 15) is 19.2 Å². The molecule has 0 bridgehead atoms. The summed E-state index contributed by atoms with van der Waals surface area (Å²) in [6, 6.07) is 0. The fourth-order valence-corrected chi connectivity index (χ4v) is 1.37. The highest BCUT2D eigenvalue weighted by molar-refractivity contribution is 5.75. The van der Waals surface area contributed by atoms with Crippen molar-refractivity contribution in [3.05, 3.63) is 26.5 Å². The number of hydrogen-bond donors (Lipinski definition) is 1. The van der Waals surface area contributed by atoms with Crippen molar-refractivity contribution in [3.63, 3.8) is 0 Å². The summed E-state index contributed by atoms with van der Waals surface area (Å²) >= 11 is 0. The number of carboxylic acid groups (broad SMARTS) is 1. The van der Waals surface area contributed by atoms with Gasteiger partial charge in [-0.05, 0) is 27.7 Å². The maximum absolute atomic E-state index is 11.9. The predicted molar refractivity (Wildman–Crippen MR) is 70.7 cm³/mol. The Bertz CT molecular complexity index is 680. The van der Waals surface area contributed by atoms with Crippen LogP contribution in [0.4, 0.5) is 0 Å². The van der Waals surface area contributed by atoms with E-state index in [0.29, 0.717) is 9.25 Å². The lowest BCUT2D eigenvalue weighted by Gasteiger charge is -2.17. The lowest BCUT2D eigenvalue weighted by molar-refractivity contribution is -0.157. The summed E-state index contributed by atoms with van der Waals surface area (Å²) in [7, 11) is 0. The van der Waals surface area contributed by atoms with Crippen molar-refractivity contribution in [3.8, 4) is 0 Å². The van der Waals surface area contributed by atoms with E-state index in [0.717, 1.165) is 0 Å². The number of nitrogens with zero attached hydrogens (tertiary/aromatic N) is 3. The van der Waals surface area contributed by atoms with Crippen molar-refractivity contribution in [1.29, 1.82) is 0 Å². The van der Waals surface area contributed by atoms with Gasteiger partial charge in [-0.25, -0.2) is 14.0 Å². The molecule has 0 spiro atoms. The van der Waals surface area contributed by atoms with Gasteiger partial charge in [0.2, 0.25) is 0 Å². The number of carboxylic acids is 1. The second kappa shape index (κ2) is 5.90. The predicted octanol–water partition coefficient (Wildman–Crippen LogP) is -0.655. The van der Waals surface area contributed by atoms with Crippen LogP contribution in [-0.4, -0.2) is 31.4 Å². The molecule has 1 rings (SSSR count). The molecule has 1 aromatic rings. The molecule has 1 aromatic heterocycles. The smallest absolute Gasteiger partial charge is 0.350 e. The molecule has 9 nitrogen and oxygen atoms in total. The molecule has 1 N–H and O–H groups in total. The number of rotatable bonds is 4. The van der Waals surface area contributed by atoms with Crippen molar-refractivity contribution in [1.82, 2.24) is 14.3 Å². The Morgan fingerprint density at radius 1 is 1.29 bits per heavy atom. The van der Waals surface area contributed by atoms with Crippen LogP contribution in [0.15, 0.2) is 9.59 Å². The molecule has 0 saturated heterocycles. The standard InChI is InChI=1S/C12H17N3O6/c1-7-9(18)14(6-21-10(19)12(2,3)4)11(20)15(13-7)5-8(16)17/h5-6H2,1-4H3,(H,16,17). The van der Waals surface area contributed by atoms with Gasteiger partial charge < -0.3 is 9.84 Å². The third kappa shape index (κ3) is 4.01. The molecule has 0 aliphatic rings. The van der Waals surface area contributed by atoms with Crippen LogP contribution in [0.1, 0.15) is 26.5 Å². The molecular formula is C12H17N3O6. The number of carbonyl (C=O) groups excluding carboxylic acids is 1. The van der Waals surface area contributed by atoms with E-state index in [-0.39, 0.29) is 5.69 Å². The Hall–Kier alpha value is -2.45. The van der Waals surface area contributed by atoms with Gasteiger partial charge in [-0.2, -0.15) is 5.10 Å². The van der Waals surface area contributed by atoms with Crippen LogP contribution in [0.25, 0.3) is 0 Å². The van der Waals surface area contributed by atoms with E-state index in [1.807, 2.05) is 0 Å². The van der Waals surface area contributed by atoms with E-state index in [4.69, 9.17) is 9.84 Å². The fraction of sp³-hybridized carbons (Fsp3) is 0.583. The molecule has 21 heavy (non-hydrogen) atoms. The molecule has 0 saturated carbocycles. The molecule has 0 unspecified atom stereocenters. The summed E-state index contributed by atoms with van der Waals surface area (Å²) in [4.78, 5) is 46.1. The molecule has 1 heterocycles. The van der Waals surface area contributed by atoms with Gasteiger partial charge in [-0.3, -0.25) is 14.4 Å². The van der Waals surface area contributed by atoms with Gasteiger partial charge >= 0.3 is 17.6 Å². The maximum atomic E-state index is 11.9. The monoisotopic (exact) mass is 299 g/mol. The molecule has 0 atom stereocenters.